The molecule has 5 N–H and O–H groups in total. The van der Waals surface area contributed by atoms with E-state index in [-0.39, 0.29) is 24.2 Å². The van der Waals surface area contributed by atoms with Crippen molar-refractivity contribution in [1.82, 2.24) is 20.6 Å². The van der Waals surface area contributed by atoms with Gasteiger partial charge in [0.2, 0.25) is 15.9 Å². The van der Waals surface area contributed by atoms with Crippen molar-refractivity contribution >= 4 is 15.9 Å². The Kier molecular flexibility index (Phi) is 3.64. The summed E-state index contributed by atoms with van der Waals surface area (Å²) in [5.41, 5.74) is 1.84. The second-order valence-corrected chi connectivity index (χ2v) is 5.86. The Bertz CT molecular complexity index is 538. The van der Waals surface area contributed by atoms with Gasteiger partial charge in [-0.2, -0.15) is 0 Å². The minimum Gasteiger partial charge on any atom is -0.354 e. The van der Waals surface area contributed by atoms with E-state index in [4.69, 9.17) is 5.14 Å². The molecule has 100 valence electrons. The number of aromatic amines is 1. The summed E-state index contributed by atoms with van der Waals surface area (Å²) >= 11 is 0. The first-order valence-corrected chi connectivity index (χ1v) is 7.20. The molecular weight excluding hydrogens is 258 g/mol. The monoisotopic (exact) mass is 273 g/mol. The molecule has 1 unspecified atom stereocenters. The van der Waals surface area contributed by atoms with E-state index in [2.05, 4.69) is 20.6 Å². The molecule has 0 aliphatic carbocycles. The molecule has 0 fully saturated rings. The zero-order valence-electron chi connectivity index (χ0n) is 9.64. The van der Waals surface area contributed by atoms with Crippen LogP contribution < -0.4 is 15.8 Å². The zero-order valence-corrected chi connectivity index (χ0v) is 10.5. The van der Waals surface area contributed by atoms with Crippen LogP contribution in [0.2, 0.25) is 0 Å². The summed E-state index contributed by atoms with van der Waals surface area (Å²) in [6.45, 7) is 0.561. The molecule has 1 aromatic rings. The Morgan fingerprint density at radius 2 is 2.39 bits per heavy atom. The standard InChI is InChI=1S/C9H15N5O3S/c10-18(16,17)2-1-11-9(15)7-3-6-8(4-12-7)14-5-13-6/h5,7,12H,1-4H2,(H,11,15)(H,13,14)(H2,10,16,17). The summed E-state index contributed by atoms with van der Waals surface area (Å²) in [6.07, 6.45) is 2.08. The summed E-state index contributed by atoms with van der Waals surface area (Å²) in [4.78, 5) is 18.9. The first kappa shape index (κ1) is 13.0. The lowest BCUT2D eigenvalue weighted by molar-refractivity contribution is -0.123. The summed E-state index contributed by atoms with van der Waals surface area (Å²) in [5.74, 6) is -0.508. The highest BCUT2D eigenvalue weighted by molar-refractivity contribution is 7.89. The van der Waals surface area contributed by atoms with Crippen LogP contribution in [0.5, 0.6) is 0 Å². The smallest absolute Gasteiger partial charge is 0.237 e. The van der Waals surface area contributed by atoms with Crippen molar-refractivity contribution in [1.29, 1.82) is 0 Å². The van der Waals surface area contributed by atoms with Gasteiger partial charge in [-0.1, -0.05) is 0 Å². The number of hydrogen-bond donors (Lipinski definition) is 4. The molecule has 0 aromatic carbocycles. The molecule has 0 spiro atoms. The van der Waals surface area contributed by atoms with Crippen molar-refractivity contribution in [3.05, 3.63) is 17.7 Å². The van der Waals surface area contributed by atoms with Crippen LogP contribution >= 0.6 is 0 Å². The van der Waals surface area contributed by atoms with Gasteiger partial charge >= 0.3 is 0 Å². The fraction of sp³-hybridized carbons (Fsp3) is 0.556. The summed E-state index contributed by atoms with van der Waals surface area (Å²) in [7, 11) is -3.54. The van der Waals surface area contributed by atoms with Crippen LogP contribution in [0.1, 0.15) is 11.4 Å². The van der Waals surface area contributed by atoms with Crippen molar-refractivity contribution in [2.24, 2.45) is 5.14 Å². The Hall–Kier alpha value is -1.45. The molecule has 1 atom stereocenters. The maximum absolute atomic E-state index is 11.8. The predicted molar refractivity (Wildman–Crippen MR) is 63.9 cm³/mol. The summed E-state index contributed by atoms with van der Waals surface area (Å²) in [6, 6.07) is -0.388. The molecule has 1 amide bonds. The van der Waals surface area contributed by atoms with Crippen molar-refractivity contribution < 1.29 is 13.2 Å². The van der Waals surface area contributed by atoms with Crippen molar-refractivity contribution in [2.75, 3.05) is 12.3 Å². The third-order valence-corrected chi connectivity index (χ3v) is 3.51. The second kappa shape index (κ2) is 5.04. The van der Waals surface area contributed by atoms with Crippen molar-refractivity contribution in [2.45, 2.75) is 19.0 Å². The third kappa shape index (κ3) is 3.28. The number of imidazole rings is 1. The Morgan fingerprint density at radius 3 is 3.11 bits per heavy atom. The van der Waals surface area contributed by atoms with Gasteiger partial charge < -0.3 is 10.3 Å². The van der Waals surface area contributed by atoms with Crippen LogP contribution in [0.3, 0.4) is 0 Å². The number of fused-ring (bicyclic) bond motifs is 1. The van der Waals surface area contributed by atoms with Gasteiger partial charge in [0.05, 0.1) is 29.5 Å². The number of carbonyl (C=O) groups is 1. The molecule has 9 heteroatoms. The van der Waals surface area contributed by atoms with Gasteiger partial charge in [0, 0.05) is 19.5 Å². The fourth-order valence-corrected chi connectivity index (χ4v) is 2.18. The van der Waals surface area contributed by atoms with Gasteiger partial charge in [0.1, 0.15) is 0 Å². The predicted octanol–water partition coefficient (Wildman–Crippen LogP) is -2.17. The van der Waals surface area contributed by atoms with Gasteiger partial charge in [-0.3, -0.25) is 10.1 Å². The number of rotatable bonds is 4. The van der Waals surface area contributed by atoms with Gasteiger partial charge in [0.15, 0.2) is 0 Å². The second-order valence-electron chi connectivity index (χ2n) is 4.12. The summed E-state index contributed by atoms with van der Waals surface area (Å²) < 4.78 is 21.4. The molecule has 0 saturated heterocycles. The number of hydrogen-bond acceptors (Lipinski definition) is 5. The van der Waals surface area contributed by atoms with E-state index in [0.717, 1.165) is 11.4 Å². The molecule has 0 saturated carbocycles. The topological polar surface area (TPSA) is 130 Å². The average molecular weight is 273 g/mol. The number of sulfonamides is 1. The summed E-state index contributed by atoms with van der Waals surface area (Å²) in [5, 5.41) is 10.4. The SMILES string of the molecule is NS(=O)(=O)CCNC(=O)C1Cc2nc[nH]c2CN1. The molecule has 2 rings (SSSR count). The zero-order chi connectivity index (χ0) is 13.2. The van der Waals surface area contributed by atoms with Gasteiger partial charge in [-0.15, -0.1) is 0 Å². The van der Waals surface area contributed by atoms with Crippen LogP contribution in [0.25, 0.3) is 0 Å². The van der Waals surface area contributed by atoms with Gasteiger partial charge in [0.25, 0.3) is 0 Å². The number of aromatic nitrogens is 2. The molecule has 18 heavy (non-hydrogen) atoms. The Labute approximate surface area is 104 Å². The van der Waals surface area contributed by atoms with E-state index < -0.39 is 10.0 Å². The Morgan fingerprint density at radius 1 is 1.61 bits per heavy atom. The van der Waals surface area contributed by atoms with Crippen LogP contribution in [-0.2, 0) is 27.8 Å². The highest BCUT2D eigenvalue weighted by Gasteiger charge is 2.25. The van der Waals surface area contributed by atoms with Crippen LogP contribution in [0.15, 0.2) is 6.33 Å². The normalized spacial score (nSPS) is 19.3. The number of amides is 1. The average Bonchev–Trinajstić information content (AvgIpc) is 2.73. The molecule has 1 aliphatic rings. The maximum atomic E-state index is 11.8. The van der Waals surface area contributed by atoms with E-state index in [9.17, 15) is 13.2 Å². The molecule has 8 nitrogen and oxygen atoms in total. The molecule has 0 bridgehead atoms. The van der Waals surface area contributed by atoms with E-state index in [0.29, 0.717) is 13.0 Å². The lowest BCUT2D eigenvalue weighted by atomic mass is 10.1. The van der Waals surface area contributed by atoms with E-state index in [1.807, 2.05) is 0 Å². The molecule has 2 heterocycles. The minimum absolute atomic E-state index is 0.0171. The lowest BCUT2D eigenvalue weighted by Gasteiger charge is -2.22. The molecule has 0 radical (unpaired) electrons. The first-order valence-electron chi connectivity index (χ1n) is 5.48. The van der Waals surface area contributed by atoms with Gasteiger partial charge in [-0.25, -0.2) is 18.5 Å². The first-order chi connectivity index (χ1) is 8.46. The van der Waals surface area contributed by atoms with Crippen molar-refractivity contribution in [3.63, 3.8) is 0 Å². The highest BCUT2D eigenvalue weighted by atomic mass is 32.2. The quantitative estimate of drug-likeness (QED) is 0.496. The van der Waals surface area contributed by atoms with Crippen LogP contribution in [0.4, 0.5) is 0 Å². The largest absolute Gasteiger partial charge is 0.354 e. The van der Waals surface area contributed by atoms with Gasteiger partial charge in [-0.05, 0) is 0 Å². The highest BCUT2D eigenvalue weighted by Crippen LogP contribution is 2.11. The fourth-order valence-electron chi connectivity index (χ4n) is 1.79. The van der Waals surface area contributed by atoms with E-state index in [1.165, 1.54) is 0 Å². The third-order valence-electron chi connectivity index (χ3n) is 2.73. The number of nitrogens with one attached hydrogen (secondary N) is 3. The van der Waals surface area contributed by atoms with Crippen LogP contribution in [0, 0.1) is 0 Å². The number of carbonyl (C=O) groups excluding carboxylic acids is 1. The maximum Gasteiger partial charge on any atom is 0.237 e. The van der Waals surface area contributed by atoms with Crippen molar-refractivity contribution in [3.8, 4) is 0 Å². The lowest BCUT2D eigenvalue weighted by Crippen LogP contribution is -2.48. The van der Waals surface area contributed by atoms with E-state index in [1.54, 1.807) is 6.33 Å². The number of primary sulfonamides is 1. The number of nitrogens with two attached hydrogens (primary N) is 1. The molecule has 1 aliphatic heterocycles. The minimum atomic E-state index is -3.54. The van der Waals surface area contributed by atoms with E-state index >= 15 is 0 Å². The number of nitrogens with zero attached hydrogens (tertiary/aromatic N) is 1. The molecular formula is C9H15N5O3S. The number of H-pyrrole nitrogens is 1. The molecule has 1 aromatic heterocycles. The van der Waals surface area contributed by atoms with Crippen LogP contribution in [-0.4, -0.2) is 42.6 Å². The Balaban J connectivity index is 1.84.